The van der Waals surface area contributed by atoms with Gasteiger partial charge < -0.3 is 5.11 Å². The van der Waals surface area contributed by atoms with Gasteiger partial charge in [-0.05, 0) is 37.1 Å². The number of hydrogen-bond acceptors (Lipinski definition) is 4. The maximum Gasteiger partial charge on any atom is 0.274 e. The van der Waals surface area contributed by atoms with Crippen molar-refractivity contribution in [1.29, 1.82) is 0 Å². The third kappa shape index (κ3) is 2.33. The first-order chi connectivity index (χ1) is 9.82. The molecule has 2 heterocycles. The Hall–Kier alpha value is -1.17. The van der Waals surface area contributed by atoms with Crippen molar-refractivity contribution in [2.45, 2.75) is 23.0 Å². The molecular weight excluding hydrogens is 331 g/mol. The van der Waals surface area contributed by atoms with Gasteiger partial charge in [-0.3, -0.25) is 4.79 Å². The van der Waals surface area contributed by atoms with Gasteiger partial charge in [0.25, 0.3) is 5.56 Å². The second kappa shape index (κ2) is 4.93. The van der Waals surface area contributed by atoms with Crippen LogP contribution in [0.1, 0.15) is 18.1 Å². The number of nitrogens with zero attached hydrogens (tertiary/aromatic N) is 2. The molecule has 1 unspecified atom stereocenters. The SMILES string of the molecule is Cn1nc(Cl)c(O)c(C2(C)Cc3cc(Cl)ccc3S2)c1=O. The molecule has 0 fully saturated rings. The molecule has 1 N–H and O–H groups in total. The highest BCUT2D eigenvalue weighted by atomic mass is 35.5. The van der Waals surface area contributed by atoms with Gasteiger partial charge in [0.05, 0.1) is 10.3 Å². The van der Waals surface area contributed by atoms with Gasteiger partial charge >= 0.3 is 0 Å². The lowest BCUT2D eigenvalue weighted by Gasteiger charge is -2.23. The van der Waals surface area contributed by atoms with Crippen molar-refractivity contribution >= 4 is 35.0 Å². The molecule has 1 aliphatic rings. The maximum absolute atomic E-state index is 12.4. The standard InChI is InChI=1S/C14H12Cl2N2O2S/c1-14(6-7-5-8(15)3-4-9(7)21-14)10-11(19)12(16)17-18(2)13(10)20/h3-5,19H,6H2,1-2H3. The molecule has 2 aromatic rings. The van der Waals surface area contributed by atoms with Crippen molar-refractivity contribution < 1.29 is 5.11 Å². The lowest BCUT2D eigenvalue weighted by Crippen LogP contribution is -2.32. The predicted octanol–water partition coefficient (Wildman–Crippen LogP) is 3.36. The summed E-state index contributed by atoms with van der Waals surface area (Å²) in [6.07, 6.45) is 0.594. The van der Waals surface area contributed by atoms with Crippen LogP contribution in [0, 0.1) is 0 Å². The van der Waals surface area contributed by atoms with Crippen molar-refractivity contribution in [1.82, 2.24) is 9.78 Å². The number of hydrogen-bond donors (Lipinski definition) is 1. The largest absolute Gasteiger partial charge is 0.504 e. The van der Waals surface area contributed by atoms with E-state index in [1.165, 1.54) is 18.8 Å². The Labute approximate surface area is 135 Å². The Morgan fingerprint density at radius 2 is 2.14 bits per heavy atom. The smallest absolute Gasteiger partial charge is 0.274 e. The van der Waals surface area contributed by atoms with E-state index in [2.05, 4.69) is 5.10 Å². The Balaban J connectivity index is 2.17. The number of aryl methyl sites for hydroxylation is 1. The second-order valence-corrected chi connectivity index (χ2v) is 7.54. The lowest BCUT2D eigenvalue weighted by molar-refractivity contribution is 0.445. The minimum atomic E-state index is -0.599. The molecular formula is C14H12Cl2N2O2S. The van der Waals surface area contributed by atoms with Gasteiger partial charge in [0.2, 0.25) is 0 Å². The number of rotatable bonds is 1. The Morgan fingerprint density at radius 3 is 2.86 bits per heavy atom. The monoisotopic (exact) mass is 342 g/mol. The van der Waals surface area contributed by atoms with E-state index in [0.717, 1.165) is 15.1 Å². The first-order valence-corrected chi connectivity index (χ1v) is 7.83. The van der Waals surface area contributed by atoms with Crippen LogP contribution in [0.5, 0.6) is 5.75 Å². The average molecular weight is 343 g/mol. The average Bonchev–Trinajstić information content (AvgIpc) is 2.73. The first-order valence-electron chi connectivity index (χ1n) is 6.25. The molecule has 1 aliphatic heterocycles. The van der Waals surface area contributed by atoms with Crippen LogP contribution in [0.4, 0.5) is 0 Å². The zero-order valence-corrected chi connectivity index (χ0v) is 13.7. The molecule has 0 spiro atoms. The van der Waals surface area contributed by atoms with E-state index in [1.54, 1.807) is 0 Å². The van der Waals surface area contributed by atoms with Crippen LogP contribution >= 0.6 is 35.0 Å². The van der Waals surface area contributed by atoms with E-state index in [9.17, 15) is 9.90 Å². The summed E-state index contributed by atoms with van der Waals surface area (Å²) in [5, 5.41) is 14.6. The summed E-state index contributed by atoms with van der Waals surface area (Å²) in [7, 11) is 1.52. The molecule has 0 amide bonds. The number of aromatic hydroxyl groups is 1. The molecule has 21 heavy (non-hydrogen) atoms. The number of fused-ring (bicyclic) bond motifs is 1. The first kappa shape index (κ1) is 14.8. The lowest BCUT2D eigenvalue weighted by atomic mass is 9.94. The third-order valence-corrected chi connectivity index (χ3v) is 5.50. The van der Waals surface area contributed by atoms with E-state index in [4.69, 9.17) is 23.2 Å². The minimum absolute atomic E-state index is 0.0667. The molecule has 1 aromatic heterocycles. The quantitative estimate of drug-likeness (QED) is 0.863. The molecule has 7 heteroatoms. The van der Waals surface area contributed by atoms with Gasteiger partial charge in [-0.25, -0.2) is 4.68 Å². The van der Waals surface area contributed by atoms with Crippen molar-refractivity contribution in [2.24, 2.45) is 7.05 Å². The van der Waals surface area contributed by atoms with E-state index < -0.39 is 4.75 Å². The molecule has 3 rings (SSSR count). The van der Waals surface area contributed by atoms with Gasteiger partial charge in [-0.2, -0.15) is 5.10 Å². The van der Waals surface area contributed by atoms with Crippen LogP contribution in [0.2, 0.25) is 10.2 Å². The fourth-order valence-corrected chi connectivity index (χ4v) is 4.43. The minimum Gasteiger partial charge on any atom is -0.504 e. The third-order valence-electron chi connectivity index (χ3n) is 3.59. The fraction of sp³-hybridized carbons (Fsp3) is 0.286. The van der Waals surface area contributed by atoms with Crippen LogP contribution in [-0.2, 0) is 18.2 Å². The van der Waals surface area contributed by atoms with E-state index in [1.807, 2.05) is 25.1 Å². The second-order valence-electron chi connectivity index (χ2n) is 5.20. The van der Waals surface area contributed by atoms with Crippen LogP contribution in [-0.4, -0.2) is 14.9 Å². The summed E-state index contributed by atoms with van der Waals surface area (Å²) < 4.78 is 0.553. The topological polar surface area (TPSA) is 55.1 Å². The Kier molecular flexibility index (Phi) is 3.47. The summed E-state index contributed by atoms with van der Waals surface area (Å²) in [5.41, 5.74) is 0.998. The highest BCUT2D eigenvalue weighted by Crippen LogP contribution is 2.53. The van der Waals surface area contributed by atoms with Crippen molar-refractivity contribution in [3.05, 3.63) is 49.9 Å². The van der Waals surface area contributed by atoms with Crippen molar-refractivity contribution in [3.8, 4) is 5.75 Å². The summed E-state index contributed by atoms with van der Waals surface area (Å²) in [6.45, 7) is 1.92. The summed E-state index contributed by atoms with van der Waals surface area (Å²) in [4.78, 5) is 13.4. The summed E-state index contributed by atoms with van der Waals surface area (Å²) in [6, 6.07) is 5.63. The van der Waals surface area contributed by atoms with E-state index in [0.29, 0.717) is 11.4 Å². The zero-order chi connectivity index (χ0) is 15.4. The van der Waals surface area contributed by atoms with Crippen molar-refractivity contribution in [3.63, 3.8) is 0 Å². The van der Waals surface area contributed by atoms with Crippen molar-refractivity contribution in [2.75, 3.05) is 0 Å². The fourth-order valence-electron chi connectivity index (χ4n) is 2.63. The highest BCUT2D eigenvalue weighted by Gasteiger charge is 2.40. The zero-order valence-electron chi connectivity index (χ0n) is 11.4. The molecule has 0 saturated carbocycles. The van der Waals surface area contributed by atoms with Gasteiger partial charge in [-0.15, -0.1) is 11.8 Å². The summed E-state index contributed by atoms with van der Waals surface area (Å²) >= 11 is 13.5. The van der Waals surface area contributed by atoms with Gasteiger partial charge in [0.1, 0.15) is 0 Å². The van der Waals surface area contributed by atoms with Crippen LogP contribution in [0.25, 0.3) is 0 Å². The molecule has 1 atom stereocenters. The van der Waals surface area contributed by atoms with E-state index >= 15 is 0 Å². The maximum atomic E-state index is 12.4. The highest BCUT2D eigenvalue weighted by molar-refractivity contribution is 8.00. The predicted molar refractivity (Wildman–Crippen MR) is 84.5 cm³/mol. The normalized spacial score (nSPS) is 20.6. The molecule has 0 bridgehead atoms. The van der Waals surface area contributed by atoms with E-state index in [-0.39, 0.29) is 22.0 Å². The number of thioether (sulfide) groups is 1. The van der Waals surface area contributed by atoms with Gasteiger partial charge in [0.15, 0.2) is 10.9 Å². The molecule has 110 valence electrons. The molecule has 0 radical (unpaired) electrons. The Morgan fingerprint density at radius 1 is 1.43 bits per heavy atom. The Bertz CT molecular complexity index is 806. The molecule has 1 aromatic carbocycles. The van der Waals surface area contributed by atoms with Crippen LogP contribution < -0.4 is 5.56 Å². The molecule has 4 nitrogen and oxygen atoms in total. The molecule has 0 aliphatic carbocycles. The number of halogens is 2. The number of aromatic nitrogens is 2. The molecule has 0 saturated heterocycles. The number of benzene rings is 1. The van der Waals surface area contributed by atoms with Gasteiger partial charge in [-0.1, -0.05) is 23.2 Å². The van der Waals surface area contributed by atoms with Crippen LogP contribution in [0.15, 0.2) is 27.9 Å². The summed E-state index contributed by atoms with van der Waals surface area (Å²) in [5.74, 6) is -0.242. The van der Waals surface area contributed by atoms with Crippen LogP contribution in [0.3, 0.4) is 0 Å². The van der Waals surface area contributed by atoms with Gasteiger partial charge in [0, 0.05) is 17.0 Å².